The second-order valence-corrected chi connectivity index (χ2v) is 11.3. The van der Waals surface area contributed by atoms with Gasteiger partial charge in [0.2, 0.25) is 0 Å². The number of hydrogen-bond donors (Lipinski definition) is 0. The van der Waals surface area contributed by atoms with Gasteiger partial charge in [0.15, 0.2) is 10.5 Å². The van der Waals surface area contributed by atoms with Crippen LogP contribution in [0.3, 0.4) is 0 Å². The van der Waals surface area contributed by atoms with Crippen molar-refractivity contribution in [3.63, 3.8) is 0 Å². The van der Waals surface area contributed by atoms with Crippen molar-refractivity contribution in [2.24, 2.45) is 17.8 Å². The molecule has 2 aliphatic carbocycles. The van der Waals surface area contributed by atoms with Gasteiger partial charge in [-0.2, -0.15) is 0 Å². The summed E-state index contributed by atoms with van der Waals surface area (Å²) in [5, 5.41) is 0. The molecule has 0 aromatic rings. The van der Waals surface area contributed by atoms with E-state index in [1.165, 1.54) is 82.1 Å². The molecule has 1 nitrogen and oxygen atoms in total. The summed E-state index contributed by atoms with van der Waals surface area (Å²) in [6.45, 7) is 4.52. The van der Waals surface area contributed by atoms with E-state index in [0.29, 0.717) is 22.6 Å². The molecule has 0 bridgehead atoms. The second-order valence-electron chi connectivity index (χ2n) is 8.49. The van der Waals surface area contributed by atoms with E-state index in [1.54, 1.807) is 0 Å². The average Bonchev–Trinajstić information content (AvgIpc) is 3.10. The van der Waals surface area contributed by atoms with Crippen molar-refractivity contribution in [3.8, 4) is 0 Å². The summed E-state index contributed by atoms with van der Waals surface area (Å²) in [5.41, 5.74) is 0. The van der Waals surface area contributed by atoms with Crippen molar-refractivity contribution in [1.82, 2.24) is 0 Å². The Morgan fingerprint density at radius 1 is 0.773 bits per heavy atom. The van der Waals surface area contributed by atoms with Crippen molar-refractivity contribution in [3.05, 3.63) is 0 Å². The van der Waals surface area contributed by atoms with Crippen molar-refractivity contribution < 1.29 is 4.79 Å². The van der Waals surface area contributed by atoms with Gasteiger partial charge in [-0.3, -0.25) is 4.79 Å². The summed E-state index contributed by atoms with van der Waals surface area (Å²) < 4.78 is -0.0289. The number of carbonyl (C=O) groups is 1. The molecule has 0 radical (unpaired) electrons. The highest BCUT2D eigenvalue weighted by Crippen LogP contribution is 2.42. The molecule has 0 amide bonds. The van der Waals surface area contributed by atoms with Crippen LogP contribution in [0, 0.1) is 17.8 Å². The first-order valence-corrected chi connectivity index (χ1v) is 11.4. The topological polar surface area (TPSA) is 17.1 Å². The van der Waals surface area contributed by atoms with E-state index in [1.807, 2.05) is 0 Å². The number of ketones is 1. The van der Waals surface area contributed by atoms with Gasteiger partial charge in [-0.15, -0.1) is 0 Å². The van der Waals surface area contributed by atoms with E-state index >= 15 is 0 Å². The number of carbonyl (C=O) groups excluding carboxylic acids is 1. The maximum Gasteiger partial charge on any atom is 0.190 e. The van der Waals surface area contributed by atoms with Crippen LogP contribution < -0.4 is 0 Å². The lowest BCUT2D eigenvalue weighted by Gasteiger charge is -2.37. The maximum absolute atomic E-state index is 13.1. The number of hydrogen-bond acceptors (Lipinski definition) is 1. The minimum absolute atomic E-state index is 0.0289. The molecule has 2 saturated carbocycles. The molecule has 1 saturated heterocycles. The lowest BCUT2D eigenvalue weighted by Crippen LogP contribution is -2.46. The van der Waals surface area contributed by atoms with Crippen LogP contribution in [0.5, 0.6) is 0 Å². The Morgan fingerprint density at radius 2 is 1.32 bits per heavy atom. The van der Waals surface area contributed by atoms with E-state index in [-0.39, 0.29) is 4.75 Å². The standard InChI is InChI=1S/C20H35OS/c1-20(2,22-14-6-7-15-22)19(21)18-12-10-17(11-13-18)16-8-4-3-5-9-16/h16-18H,3-15H2,1-2H3/q+1. The molecule has 3 aliphatic rings. The van der Waals surface area contributed by atoms with Crippen LogP contribution in [0.4, 0.5) is 0 Å². The zero-order valence-corrected chi connectivity index (χ0v) is 15.6. The molecule has 3 rings (SSSR count). The molecule has 2 heteroatoms. The first-order valence-electron chi connectivity index (χ1n) is 9.81. The van der Waals surface area contributed by atoms with Gasteiger partial charge in [-0.1, -0.05) is 32.1 Å². The SMILES string of the molecule is CC(C)(C(=O)C1CCC(C2CCCCC2)CC1)[S+]1CCCC1. The third kappa shape index (κ3) is 3.57. The van der Waals surface area contributed by atoms with Crippen LogP contribution in [0.2, 0.25) is 0 Å². The third-order valence-electron chi connectivity index (χ3n) is 6.81. The molecule has 0 unspecified atom stereocenters. The summed E-state index contributed by atoms with van der Waals surface area (Å²) in [7, 11) is 0.368. The summed E-state index contributed by atoms with van der Waals surface area (Å²) in [5.74, 6) is 5.59. The smallest absolute Gasteiger partial charge is 0.190 e. The minimum Gasteiger partial charge on any atom is -0.293 e. The molecule has 0 spiro atoms. The van der Waals surface area contributed by atoms with Crippen LogP contribution in [0.1, 0.15) is 84.5 Å². The zero-order chi connectivity index (χ0) is 15.6. The quantitative estimate of drug-likeness (QED) is 0.655. The van der Waals surface area contributed by atoms with Crippen LogP contribution in [-0.2, 0) is 15.7 Å². The molecule has 1 heterocycles. The molecule has 3 fully saturated rings. The summed E-state index contributed by atoms with van der Waals surface area (Å²) >= 11 is 0. The van der Waals surface area contributed by atoms with Gasteiger partial charge in [-0.05, 0) is 64.2 Å². The van der Waals surface area contributed by atoms with Gasteiger partial charge >= 0.3 is 0 Å². The molecular formula is C20H35OS+. The van der Waals surface area contributed by atoms with Crippen LogP contribution >= 0.6 is 0 Å². The second kappa shape index (κ2) is 7.28. The summed E-state index contributed by atoms with van der Waals surface area (Å²) in [6, 6.07) is 0. The van der Waals surface area contributed by atoms with Crippen molar-refractivity contribution in [1.29, 1.82) is 0 Å². The first-order chi connectivity index (χ1) is 10.6. The van der Waals surface area contributed by atoms with E-state index in [0.717, 1.165) is 11.8 Å². The van der Waals surface area contributed by atoms with E-state index in [2.05, 4.69) is 13.8 Å². The minimum atomic E-state index is -0.0289. The highest BCUT2D eigenvalue weighted by molar-refractivity contribution is 7.99. The molecule has 1 aliphatic heterocycles. The Labute approximate surface area is 140 Å². The fraction of sp³-hybridized carbons (Fsp3) is 0.950. The van der Waals surface area contributed by atoms with Gasteiger partial charge in [0.1, 0.15) is 11.5 Å². The Morgan fingerprint density at radius 3 is 1.91 bits per heavy atom. The van der Waals surface area contributed by atoms with Gasteiger partial charge in [0, 0.05) is 16.8 Å². The normalized spacial score (nSPS) is 32.3. The molecule has 0 aromatic heterocycles. The van der Waals surface area contributed by atoms with Crippen molar-refractivity contribution in [2.45, 2.75) is 89.2 Å². The van der Waals surface area contributed by atoms with Gasteiger partial charge in [-0.25, -0.2) is 0 Å². The number of Topliss-reactive ketones (excluding diaryl/α,β-unsaturated/α-hetero) is 1. The average molecular weight is 324 g/mol. The van der Waals surface area contributed by atoms with Crippen LogP contribution in [0.25, 0.3) is 0 Å². The number of rotatable bonds is 4. The zero-order valence-electron chi connectivity index (χ0n) is 14.7. The molecule has 0 N–H and O–H groups in total. The predicted molar refractivity (Wildman–Crippen MR) is 97.4 cm³/mol. The van der Waals surface area contributed by atoms with Gasteiger partial charge < -0.3 is 0 Å². The Balaban J connectivity index is 1.52. The molecule has 22 heavy (non-hydrogen) atoms. The highest BCUT2D eigenvalue weighted by atomic mass is 32.2. The largest absolute Gasteiger partial charge is 0.293 e. The molecule has 0 aromatic carbocycles. The van der Waals surface area contributed by atoms with E-state index in [4.69, 9.17) is 0 Å². The molecular weight excluding hydrogens is 288 g/mol. The lowest BCUT2D eigenvalue weighted by molar-refractivity contribution is -0.126. The Kier molecular flexibility index (Phi) is 5.58. The van der Waals surface area contributed by atoms with Crippen LogP contribution in [0.15, 0.2) is 0 Å². The molecule has 0 atom stereocenters. The van der Waals surface area contributed by atoms with E-state index < -0.39 is 0 Å². The van der Waals surface area contributed by atoms with Gasteiger partial charge in [0.05, 0.1) is 0 Å². The Hall–Kier alpha value is 0.0200. The predicted octanol–water partition coefficient (Wildman–Crippen LogP) is 5.13. The molecule has 126 valence electrons. The fourth-order valence-corrected chi connectivity index (χ4v) is 8.04. The summed E-state index contributed by atoms with van der Waals surface area (Å²) in [6.07, 6.45) is 15.1. The maximum atomic E-state index is 13.1. The third-order valence-corrected chi connectivity index (χ3v) is 10.0. The van der Waals surface area contributed by atoms with Crippen LogP contribution in [-0.4, -0.2) is 22.0 Å². The van der Waals surface area contributed by atoms with Crippen molar-refractivity contribution >= 4 is 16.7 Å². The van der Waals surface area contributed by atoms with Crippen molar-refractivity contribution in [2.75, 3.05) is 11.5 Å². The fourth-order valence-electron chi connectivity index (χ4n) is 5.26. The highest BCUT2D eigenvalue weighted by Gasteiger charge is 2.49. The van der Waals surface area contributed by atoms with E-state index in [9.17, 15) is 4.79 Å². The monoisotopic (exact) mass is 323 g/mol. The Bertz CT molecular complexity index is 369. The lowest BCUT2D eigenvalue weighted by atomic mass is 9.69. The van der Waals surface area contributed by atoms with Gasteiger partial charge in [0.25, 0.3) is 0 Å². The summed E-state index contributed by atoms with van der Waals surface area (Å²) in [4.78, 5) is 13.1. The first kappa shape index (κ1) is 16.9.